The molecule has 0 bridgehead atoms. The topological polar surface area (TPSA) is 331 Å². The van der Waals surface area contributed by atoms with Crippen LogP contribution in [0.15, 0.2) is 9.98 Å². The van der Waals surface area contributed by atoms with Crippen LogP contribution in [0.3, 0.4) is 0 Å². The highest BCUT2D eigenvalue weighted by atomic mass is 16.4. The van der Waals surface area contributed by atoms with E-state index in [1.807, 2.05) is 0 Å². The van der Waals surface area contributed by atoms with Crippen LogP contribution in [-0.4, -0.2) is 91.1 Å². The minimum absolute atomic E-state index is 0.0940. The van der Waals surface area contributed by atoms with Gasteiger partial charge in [0.1, 0.15) is 18.1 Å². The summed E-state index contributed by atoms with van der Waals surface area (Å²) in [5, 5.41) is 17.3. The lowest BCUT2D eigenvalue weighted by atomic mass is 10.0. The van der Waals surface area contributed by atoms with Crippen LogP contribution in [0.2, 0.25) is 0 Å². The number of carboxylic acids is 1. The Morgan fingerprint density at radius 3 is 1.39 bits per heavy atom. The van der Waals surface area contributed by atoms with Crippen molar-refractivity contribution in [3.63, 3.8) is 0 Å². The molecule has 17 nitrogen and oxygen atoms in total. The zero-order valence-corrected chi connectivity index (χ0v) is 23.7. The maximum absolute atomic E-state index is 13.3. The van der Waals surface area contributed by atoms with Gasteiger partial charge in [0.05, 0.1) is 6.04 Å². The lowest BCUT2D eigenvalue weighted by Gasteiger charge is -2.25. The van der Waals surface area contributed by atoms with Crippen LogP contribution in [0, 0.1) is 0 Å². The van der Waals surface area contributed by atoms with Crippen molar-refractivity contribution in [2.24, 2.45) is 50.1 Å². The lowest BCUT2D eigenvalue weighted by molar-refractivity contribution is -0.142. The number of hydrogen-bond donors (Lipinski definition) is 11. The normalized spacial score (nSPS) is 13.6. The first-order valence-electron chi connectivity index (χ1n) is 13.8. The number of nitrogens with one attached hydrogen (secondary N) is 3. The van der Waals surface area contributed by atoms with Crippen molar-refractivity contribution in [2.75, 3.05) is 26.2 Å². The highest BCUT2D eigenvalue weighted by Gasteiger charge is 2.30. The fourth-order valence-electron chi connectivity index (χ4n) is 3.76. The second kappa shape index (κ2) is 22.0. The van der Waals surface area contributed by atoms with Gasteiger partial charge >= 0.3 is 5.97 Å². The van der Waals surface area contributed by atoms with E-state index in [0.29, 0.717) is 58.0 Å². The van der Waals surface area contributed by atoms with Gasteiger partial charge in [0.15, 0.2) is 11.9 Å². The predicted octanol–water partition coefficient (Wildman–Crippen LogP) is -3.78. The molecule has 0 spiro atoms. The van der Waals surface area contributed by atoms with Gasteiger partial charge in [-0.05, 0) is 70.9 Å². The third-order valence-electron chi connectivity index (χ3n) is 6.02. The van der Waals surface area contributed by atoms with Gasteiger partial charge in [0.2, 0.25) is 17.7 Å². The van der Waals surface area contributed by atoms with Crippen molar-refractivity contribution in [1.82, 2.24) is 16.0 Å². The second-order valence-corrected chi connectivity index (χ2v) is 9.59. The van der Waals surface area contributed by atoms with Gasteiger partial charge in [-0.3, -0.25) is 24.4 Å². The number of amides is 3. The first-order valence-corrected chi connectivity index (χ1v) is 13.8. The molecule has 0 saturated carbocycles. The first-order chi connectivity index (χ1) is 19.4. The minimum Gasteiger partial charge on any atom is -0.480 e. The van der Waals surface area contributed by atoms with Crippen molar-refractivity contribution in [3.05, 3.63) is 0 Å². The molecule has 3 amide bonds. The number of nitrogens with zero attached hydrogens (tertiary/aromatic N) is 2. The molecule has 0 radical (unpaired) electrons. The van der Waals surface area contributed by atoms with E-state index in [4.69, 9.17) is 40.1 Å². The van der Waals surface area contributed by atoms with Crippen LogP contribution in [0.25, 0.3) is 0 Å². The molecule has 0 heterocycles. The molecule has 0 aromatic carbocycles. The molecule has 0 saturated heterocycles. The number of guanidine groups is 2. The van der Waals surface area contributed by atoms with Gasteiger partial charge in [-0.2, -0.15) is 0 Å². The molecule has 0 aliphatic heterocycles. The molecular weight excluding hydrogens is 536 g/mol. The largest absolute Gasteiger partial charge is 0.480 e. The number of carbonyl (C=O) groups is 4. The standard InChI is InChI=1S/C24H50N12O5/c25-11-3-1-7-15(27)19(37)34-16(9-5-13-32-23(28)29)20(38)35-17(10-6-14-33-24(30)31)21(39)36-18(22(40)41)8-2-4-12-26/h15-18H,1-14,25-27H2,(H,34,37)(H,35,38)(H,36,39)(H,40,41)(H4,28,29,32)(H4,30,31,33)/t15-,16-,17-,18-/m0/s1. The monoisotopic (exact) mass is 586 g/mol. The van der Waals surface area contributed by atoms with Gasteiger partial charge in [-0.25, -0.2) is 4.79 Å². The molecule has 18 N–H and O–H groups in total. The summed E-state index contributed by atoms with van der Waals surface area (Å²) in [6.07, 6.45) is 3.83. The van der Waals surface area contributed by atoms with Crippen LogP contribution in [0.4, 0.5) is 0 Å². The molecule has 17 heteroatoms. The highest BCUT2D eigenvalue weighted by molar-refractivity contribution is 5.94. The maximum Gasteiger partial charge on any atom is 0.326 e. The Balaban J connectivity index is 5.71. The van der Waals surface area contributed by atoms with Crippen molar-refractivity contribution < 1.29 is 24.3 Å². The Kier molecular flexibility index (Phi) is 20.1. The number of nitrogens with two attached hydrogens (primary N) is 7. The lowest BCUT2D eigenvalue weighted by Crippen LogP contribution is -2.57. The van der Waals surface area contributed by atoms with Gasteiger partial charge in [-0.15, -0.1) is 0 Å². The molecule has 41 heavy (non-hydrogen) atoms. The molecule has 0 aromatic heterocycles. The van der Waals surface area contributed by atoms with E-state index in [1.54, 1.807) is 0 Å². The molecule has 0 unspecified atom stereocenters. The summed E-state index contributed by atoms with van der Waals surface area (Å²) in [6.45, 7) is 1.23. The Morgan fingerprint density at radius 1 is 0.585 bits per heavy atom. The second-order valence-electron chi connectivity index (χ2n) is 9.59. The third kappa shape index (κ3) is 18.3. The van der Waals surface area contributed by atoms with E-state index in [1.165, 1.54) is 0 Å². The molecule has 0 aromatic rings. The molecule has 236 valence electrons. The summed E-state index contributed by atoms with van der Waals surface area (Å²) in [7, 11) is 0. The Labute approximate surface area is 240 Å². The van der Waals surface area contributed by atoms with E-state index in [-0.39, 0.29) is 44.3 Å². The summed E-state index contributed by atoms with van der Waals surface area (Å²) < 4.78 is 0. The maximum atomic E-state index is 13.3. The number of carboxylic acid groups (broad SMARTS) is 1. The molecular formula is C24H50N12O5. The Morgan fingerprint density at radius 2 is 0.976 bits per heavy atom. The summed E-state index contributed by atoms with van der Waals surface area (Å²) in [4.78, 5) is 58.7. The average molecular weight is 587 g/mol. The molecule has 4 atom stereocenters. The van der Waals surface area contributed by atoms with Crippen LogP contribution in [0.5, 0.6) is 0 Å². The first kappa shape index (κ1) is 37.3. The number of hydrogen-bond acceptors (Lipinski definition) is 9. The SMILES string of the molecule is NCCCC[C@H](NC(=O)[C@H](CCCN=C(N)N)NC(=O)[C@H](CCCN=C(N)N)NC(=O)[C@@H](N)CCCCN)C(=O)O. The Bertz CT molecular complexity index is 862. The number of aliphatic imine (C=N–C) groups is 2. The van der Waals surface area contributed by atoms with Crippen molar-refractivity contribution >= 4 is 35.6 Å². The minimum atomic E-state index is -1.21. The zero-order chi connectivity index (χ0) is 31.2. The van der Waals surface area contributed by atoms with Gasteiger partial charge in [-0.1, -0.05) is 6.42 Å². The van der Waals surface area contributed by atoms with Crippen molar-refractivity contribution in [2.45, 2.75) is 88.4 Å². The molecule has 0 aliphatic carbocycles. The molecule has 0 rings (SSSR count). The van der Waals surface area contributed by atoms with Crippen molar-refractivity contribution in [1.29, 1.82) is 0 Å². The van der Waals surface area contributed by atoms with Crippen LogP contribution in [0.1, 0.15) is 64.2 Å². The predicted molar refractivity (Wildman–Crippen MR) is 157 cm³/mol. The molecule has 0 aliphatic rings. The van der Waals surface area contributed by atoms with Crippen LogP contribution in [-0.2, 0) is 19.2 Å². The zero-order valence-electron chi connectivity index (χ0n) is 23.7. The van der Waals surface area contributed by atoms with Crippen molar-refractivity contribution in [3.8, 4) is 0 Å². The highest BCUT2D eigenvalue weighted by Crippen LogP contribution is 2.07. The van der Waals surface area contributed by atoms with Crippen LogP contribution >= 0.6 is 0 Å². The fraction of sp³-hybridized carbons (Fsp3) is 0.750. The summed E-state index contributed by atoms with van der Waals surface area (Å²) in [5.41, 5.74) is 38.4. The quantitative estimate of drug-likeness (QED) is 0.0312. The summed E-state index contributed by atoms with van der Waals surface area (Å²) in [6, 6.07) is -4.24. The third-order valence-corrected chi connectivity index (χ3v) is 6.02. The fourth-order valence-corrected chi connectivity index (χ4v) is 3.76. The number of carbonyl (C=O) groups excluding carboxylic acids is 3. The smallest absolute Gasteiger partial charge is 0.326 e. The van der Waals surface area contributed by atoms with Gasteiger partial charge in [0, 0.05) is 13.1 Å². The van der Waals surface area contributed by atoms with Gasteiger partial charge < -0.3 is 61.2 Å². The number of unbranched alkanes of at least 4 members (excludes halogenated alkanes) is 2. The molecule has 0 fully saturated rings. The van der Waals surface area contributed by atoms with Gasteiger partial charge in [0.25, 0.3) is 0 Å². The summed E-state index contributed by atoms with van der Waals surface area (Å²) >= 11 is 0. The van der Waals surface area contributed by atoms with E-state index >= 15 is 0 Å². The number of rotatable bonds is 23. The number of aliphatic carboxylic acids is 1. The van der Waals surface area contributed by atoms with E-state index in [2.05, 4.69) is 25.9 Å². The Hall–Kier alpha value is -3.70. The van der Waals surface area contributed by atoms with E-state index < -0.39 is 47.9 Å². The average Bonchev–Trinajstić information content (AvgIpc) is 2.90. The van der Waals surface area contributed by atoms with Crippen LogP contribution < -0.4 is 56.1 Å². The van der Waals surface area contributed by atoms with E-state index in [0.717, 1.165) is 0 Å². The summed E-state index contributed by atoms with van der Waals surface area (Å²) in [5.74, 6) is -3.36. The van der Waals surface area contributed by atoms with E-state index in [9.17, 15) is 24.3 Å².